The van der Waals surface area contributed by atoms with Gasteiger partial charge in [0.05, 0.1) is 5.69 Å². The van der Waals surface area contributed by atoms with Gasteiger partial charge in [-0.1, -0.05) is 6.92 Å². The molecule has 3 heteroatoms. The first-order valence-electron chi connectivity index (χ1n) is 2.80. The molecule has 9 heavy (non-hydrogen) atoms. The second-order valence-corrected chi connectivity index (χ2v) is 2.40. The highest BCUT2D eigenvalue weighted by Gasteiger charge is 1.95. The van der Waals surface area contributed by atoms with Gasteiger partial charge in [-0.15, -0.1) is 0 Å². The van der Waals surface area contributed by atoms with Gasteiger partial charge in [-0.05, 0) is 22.4 Å². The van der Waals surface area contributed by atoms with E-state index in [0.717, 1.165) is 16.7 Å². The summed E-state index contributed by atoms with van der Waals surface area (Å²) < 4.78 is 0.854. The lowest BCUT2D eigenvalue weighted by molar-refractivity contribution is 0.978. The molecule has 0 bridgehead atoms. The van der Waals surface area contributed by atoms with Crippen LogP contribution in [-0.2, 0) is 6.42 Å². The monoisotopic (exact) mass is 186 g/mol. The molecule has 0 radical (unpaired) electrons. The van der Waals surface area contributed by atoms with Gasteiger partial charge in [0.1, 0.15) is 4.60 Å². The van der Waals surface area contributed by atoms with Gasteiger partial charge in [0.25, 0.3) is 0 Å². The summed E-state index contributed by atoms with van der Waals surface area (Å²) in [6.07, 6.45) is 4.29. The summed E-state index contributed by atoms with van der Waals surface area (Å²) in [6, 6.07) is 0. The zero-order chi connectivity index (χ0) is 6.69. The predicted molar refractivity (Wildman–Crippen MR) is 39.1 cm³/mol. The first-order chi connectivity index (χ1) is 4.34. The minimum atomic E-state index is 0.854. The van der Waals surface area contributed by atoms with Crippen molar-refractivity contribution in [2.24, 2.45) is 0 Å². The molecule has 0 aliphatic carbocycles. The molecule has 0 aromatic carbocycles. The number of hydrogen-bond acceptors (Lipinski definition) is 2. The largest absolute Gasteiger partial charge is 0.257 e. The Morgan fingerprint density at radius 1 is 1.44 bits per heavy atom. The first kappa shape index (κ1) is 6.68. The maximum atomic E-state index is 4.09. The number of rotatable bonds is 1. The molecule has 2 nitrogen and oxygen atoms in total. The lowest BCUT2D eigenvalue weighted by Crippen LogP contribution is -1.88. The average molecular weight is 187 g/mol. The van der Waals surface area contributed by atoms with Crippen LogP contribution in [0.3, 0.4) is 0 Å². The maximum Gasteiger partial charge on any atom is 0.127 e. The van der Waals surface area contributed by atoms with Crippen molar-refractivity contribution in [2.45, 2.75) is 13.3 Å². The van der Waals surface area contributed by atoms with Crippen molar-refractivity contribution in [3.05, 3.63) is 22.7 Å². The van der Waals surface area contributed by atoms with Crippen LogP contribution < -0.4 is 0 Å². The fraction of sp³-hybridized carbons (Fsp3) is 0.333. The van der Waals surface area contributed by atoms with E-state index in [2.05, 4.69) is 32.8 Å². The molecule has 0 N–H and O–H groups in total. The topological polar surface area (TPSA) is 25.8 Å². The van der Waals surface area contributed by atoms with Gasteiger partial charge in [-0.2, -0.15) is 0 Å². The quantitative estimate of drug-likeness (QED) is 0.669. The van der Waals surface area contributed by atoms with Gasteiger partial charge in [-0.25, -0.2) is 4.98 Å². The highest BCUT2D eigenvalue weighted by Crippen LogP contribution is 2.08. The molecule has 1 aromatic rings. The van der Waals surface area contributed by atoms with Crippen molar-refractivity contribution in [3.63, 3.8) is 0 Å². The predicted octanol–water partition coefficient (Wildman–Crippen LogP) is 1.80. The van der Waals surface area contributed by atoms with E-state index in [9.17, 15) is 0 Å². The normalized spacial score (nSPS) is 9.56. The van der Waals surface area contributed by atoms with Crippen LogP contribution >= 0.6 is 15.9 Å². The van der Waals surface area contributed by atoms with Crippen LogP contribution in [0.15, 0.2) is 17.0 Å². The summed E-state index contributed by atoms with van der Waals surface area (Å²) in [5.41, 5.74) is 1.01. The second-order valence-electron chi connectivity index (χ2n) is 1.65. The highest BCUT2D eigenvalue weighted by atomic mass is 79.9. The third-order valence-corrected chi connectivity index (χ3v) is 1.72. The molecule has 0 saturated heterocycles. The van der Waals surface area contributed by atoms with Crippen molar-refractivity contribution in [2.75, 3.05) is 0 Å². The van der Waals surface area contributed by atoms with E-state index in [1.54, 1.807) is 12.4 Å². The minimum absolute atomic E-state index is 0.854. The number of aryl methyl sites for hydroxylation is 1. The van der Waals surface area contributed by atoms with Crippen LogP contribution in [-0.4, -0.2) is 9.97 Å². The van der Waals surface area contributed by atoms with Crippen molar-refractivity contribution in [1.82, 2.24) is 9.97 Å². The molecule has 0 spiro atoms. The van der Waals surface area contributed by atoms with E-state index in [-0.39, 0.29) is 0 Å². The van der Waals surface area contributed by atoms with E-state index >= 15 is 0 Å². The molecular weight excluding hydrogens is 180 g/mol. The number of aromatic nitrogens is 2. The first-order valence-corrected chi connectivity index (χ1v) is 3.59. The average Bonchev–Trinajstić information content (AvgIpc) is 1.89. The number of hydrogen-bond donors (Lipinski definition) is 0. The van der Waals surface area contributed by atoms with Crippen LogP contribution in [0.1, 0.15) is 12.6 Å². The van der Waals surface area contributed by atoms with Gasteiger partial charge in [0, 0.05) is 12.4 Å². The van der Waals surface area contributed by atoms with Gasteiger partial charge in [0.2, 0.25) is 0 Å². The maximum absolute atomic E-state index is 4.09. The Balaban J connectivity index is 3.01. The molecule has 0 atom stereocenters. The molecular formula is C6H7BrN2. The molecule has 0 saturated carbocycles. The third kappa shape index (κ3) is 1.48. The lowest BCUT2D eigenvalue weighted by Gasteiger charge is -1.94. The molecule has 1 heterocycles. The van der Waals surface area contributed by atoms with Gasteiger partial charge >= 0.3 is 0 Å². The van der Waals surface area contributed by atoms with Gasteiger partial charge in [0.15, 0.2) is 0 Å². The Labute approximate surface area is 62.5 Å². The van der Waals surface area contributed by atoms with E-state index < -0.39 is 0 Å². The summed E-state index contributed by atoms with van der Waals surface area (Å²) in [5, 5.41) is 0. The minimum Gasteiger partial charge on any atom is -0.257 e. The van der Waals surface area contributed by atoms with E-state index in [1.165, 1.54) is 0 Å². The SMILES string of the molecule is CCc1nccnc1Br. The Kier molecular flexibility index (Phi) is 2.16. The third-order valence-electron chi connectivity index (χ3n) is 1.06. The van der Waals surface area contributed by atoms with Crippen LogP contribution in [0.2, 0.25) is 0 Å². The van der Waals surface area contributed by atoms with Crippen molar-refractivity contribution in [1.29, 1.82) is 0 Å². The molecule has 0 amide bonds. The molecule has 48 valence electrons. The summed E-state index contributed by atoms with van der Waals surface area (Å²) in [6.45, 7) is 2.05. The number of halogens is 1. The zero-order valence-corrected chi connectivity index (χ0v) is 6.72. The van der Waals surface area contributed by atoms with E-state index in [4.69, 9.17) is 0 Å². The van der Waals surface area contributed by atoms with Crippen LogP contribution in [0.5, 0.6) is 0 Å². The van der Waals surface area contributed by atoms with Crippen LogP contribution in [0, 0.1) is 0 Å². The Morgan fingerprint density at radius 3 is 2.56 bits per heavy atom. The second kappa shape index (κ2) is 2.92. The smallest absolute Gasteiger partial charge is 0.127 e. The van der Waals surface area contributed by atoms with Crippen molar-refractivity contribution < 1.29 is 0 Å². The van der Waals surface area contributed by atoms with Crippen LogP contribution in [0.25, 0.3) is 0 Å². The zero-order valence-electron chi connectivity index (χ0n) is 5.13. The molecule has 0 unspecified atom stereocenters. The van der Waals surface area contributed by atoms with Gasteiger partial charge in [-0.3, -0.25) is 4.98 Å². The molecule has 1 aromatic heterocycles. The molecule has 0 aliphatic heterocycles. The Hall–Kier alpha value is -0.440. The molecule has 1 rings (SSSR count). The highest BCUT2D eigenvalue weighted by molar-refractivity contribution is 9.10. The fourth-order valence-corrected chi connectivity index (χ4v) is 1.09. The van der Waals surface area contributed by atoms with Gasteiger partial charge < -0.3 is 0 Å². The molecule has 0 fully saturated rings. The summed E-state index contributed by atoms with van der Waals surface area (Å²) in [5.74, 6) is 0. The van der Waals surface area contributed by atoms with E-state index in [0.29, 0.717) is 0 Å². The van der Waals surface area contributed by atoms with Crippen molar-refractivity contribution in [3.8, 4) is 0 Å². The summed E-state index contributed by atoms with van der Waals surface area (Å²) >= 11 is 3.28. The van der Waals surface area contributed by atoms with Crippen molar-refractivity contribution >= 4 is 15.9 Å². The Bertz CT molecular complexity index is 200. The summed E-state index contributed by atoms with van der Waals surface area (Å²) in [7, 11) is 0. The Morgan fingerprint density at radius 2 is 2.11 bits per heavy atom. The van der Waals surface area contributed by atoms with E-state index in [1.807, 2.05) is 0 Å². The lowest BCUT2D eigenvalue weighted by atomic mass is 10.4. The standard InChI is InChI=1S/C6H7BrN2/c1-2-5-6(7)9-4-3-8-5/h3-4H,2H2,1H3. The molecule has 0 aliphatic rings. The van der Waals surface area contributed by atoms with Crippen LogP contribution in [0.4, 0.5) is 0 Å². The fourth-order valence-electron chi connectivity index (χ4n) is 0.587. The summed E-state index contributed by atoms with van der Waals surface area (Å²) in [4.78, 5) is 8.09. The number of nitrogens with zero attached hydrogens (tertiary/aromatic N) is 2.